The van der Waals surface area contributed by atoms with Gasteiger partial charge in [0.25, 0.3) is 5.91 Å². The first-order valence-corrected chi connectivity index (χ1v) is 8.01. The van der Waals surface area contributed by atoms with E-state index in [1.807, 2.05) is 30.3 Å². The Hall–Kier alpha value is -2.27. The number of amides is 1. The average Bonchev–Trinajstić information content (AvgIpc) is 3.31. The standard InChI is InChI=1S/C18H20N2O3/c1-22-14-4-2-11(3-5-14)16-6-7-17(23-16)18(21)20-15-9-13-8-12(15)10-19-13/h2-7,12-13,15,19H,8-10H2,1H3,(H,20,21). The fourth-order valence-electron chi connectivity index (χ4n) is 3.62. The van der Waals surface area contributed by atoms with E-state index in [0.29, 0.717) is 23.5 Å². The van der Waals surface area contributed by atoms with Gasteiger partial charge in [-0.2, -0.15) is 0 Å². The summed E-state index contributed by atoms with van der Waals surface area (Å²) in [5.74, 6) is 2.28. The number of methoxy groups -OCH3 is 1. The van der Waals surface area contributed by atoms with Crippen LogP contribution < -0.4 is 15.4 Å². The SMILES string of the molecule is COc1ccc(-c2ccc(C(=O)NC3CC4CC3CN4)o2)cc1. The van der Waals surface area contributed by atoms with E-state index >= 15 is 0 Å². The predicted octanol–water partition coefficient (Wildman–Crippen LogP) is 2.44. The van der Waals surface area contributed by atoms with Gasteiger partial charge in [-0.05, 0) is 55.2 Å². The molecule has 5 heteroatoms. The van der Waals surface area contributed by atoms with Crippen LogP contribution in [0.15, 0.2) is 40.8 Å². The smallest absolute Gasteiger partial charge is 0.287 e. The van der Waals surface area contributed by atoms with Gasteiger partial charge in [0.15, 0.2) is 5.76 Å². The Morgan fingerprint density at radius 1 is 1.22 bits per heavy atom. The highest BCUT2D eigenvalue weighted by molar-refractivity contribution is 5.92. The Kier molecular flexibility index (Phi) is 3.58. The van der Waals surface area contributed by atoms with Gasteiger partial charge in [0.05, 0.1) is 7.11 Å². The van der Waals surface area contributed by atoms with Gasteiger partial charge in [-0.1, -0.05) is 0 Å². The first-order chi connectivity index (χ1) is 11.2. The number of carbonyl (C=O) groups is 1. The van der Waals surface area contributed by atoms with Crippen molar-refractivity contribution in [2.24, 2.45) is 5.92 Å². The molecule has 1 amide bonds. The monoisotopic (exact) mass is 312 g/mol. The summed E-state index contributed by atoms with van der Waals surface area (Å²) < 4.78 is 10.9. The van der Waals surface area contributed by atoms with Gasteiger partial charge in [-0.3, -0.25) is 4.79 Å². The maximum absolute atomic E-state index is 12.4. The van der Waals surface area contributed by atoms with Gasteiger partial charge >= 0.3 is 0 Å². The molecule has 1 saturated carbocycles. The molecule has 2 aromatic rings. The highest BCUT2D eigenvalue weighted by atomic mass is 16.5. The second kappa shape index (κ2) is 5.74. The zero-order valence-corrected chi connectivity index (χ0v) is 13.0. The van der Waals surface area contributed by atoms with Crippen molar-refractivity contribution in [2.45, 2.75) is 24.9 Å². The minimum atomic E-state index is -0.123. The lowest BCUT2D eigenvalue weighted by Gasteiger charge is -2.22. The number of furan rings is 1. The lowest BCUT2D eigenvalue weighted by Crippen LogP contribution is -2.44. The highest BCUT2D eigenvalue weighted by Crippen LogP contribution is 2.31. The molecule has 0 spiro atoms. The lowest BCUT2D eigenvalue weighted by molar-refractivity contribution is 0.0897. The Bertz CT molecular complexity index is 707. The van der Waals surface area contributed by atoms with Gasteiger partial charge in [0, 0.05) is 24.2 Å². The molecular weight excluding hydrogens is 292 g/mol. The molecule has 3 atom stereocenters. The molecule has 1 saturated heterocycles. The minimum absolute atomic E-state index is 0.123. The van der Waals surface area contributed by atoms with Crippen LogP contribution in [0.5, 0.6) is 5.75 Å². The van der Waals surface area contributed by atoms with E-state index in [-0.39, 0.29) is 11.9 Å². The number of nitrogens with one attached hydrogen (secondary N) is 2. The summed E-state index contributed by atoms with van der Waals surface area (Å²) in [5.41, 5.74) is 0.925. The van der Waals surface area contributed by atoms with Crippen LogP contribution in [0.2, 0.25) is 0 Å². The van der Waals surface area contributed by atoms with Crippen molar-refractivity contribution in [3.63, 3.8) is 0 Å². The van der Waals surface area contributed by atoms with Gasteiger partial charge in [-0.25, -0.2) is 0 Å². The van der Waals surface area contributed by atoms with E-state index in [9.17, 15) is 4.79 Å². The third kappa shape index (κ3) is 2.72. The summed E-state index contributed by atoms with van der Waals surface area (Å²) in [6, 6.07) is 12.0. The molecule has 23 heavy (non-hydrogen) atoms. The number of fused-ring (bicyclic) bond motifs is 2. The van der Waals surface area contributed by atoms with Crippen molar-refractivity contribution in [3.8, 4) is 17.1 Å². The van der Waals surface area contributed by atoms with E-state index in [2.05, 4.69) is 10.6 Å². The molecule has 2 heterocycles. The van der Waals surface area contributed by atoms with Crippen LogP contribution in [0, 0.1) is 5.92 Å². The van der Waals surface area contributed by atoms with Gasteiger partial charge in [-0.15, -0.1) is 0 Å². The largest absolute Gasteiger partial charge is 0.497 e. The minimum Gasteiger partial charge on any atom is -0.497 e. The summed E-state index contributed by atoms with van der Waals surface area (Å²) in [4.78, 5) is 12.4. The topological polar surface area (TPSA) is 63.5 Å². The van der Waals surface area contributed by atoms with Crippen LogP contribution in [0.4, 0.5) is 0 Å². The molecule has 2 bridgehead atoms. The molecule has 1 aliphatic heterocycles. The second-order valence-electron chi connectivity index (χ2n) is 6.31. The van der Waals surface area contributed by atoms with Crippen LogP contribution in [-0.2, 0) is 0 Å². The normalized spacial score (nSPS) is 25.5. The summed E-state index contributed by atoms with van der Waals surface area (Å²) in [6.07, 6.45) is 2.18. The molecule has 120 valence electrons. The second-order valence-corrected chi connectivity index (χ2v) is 6.31. The summed E-state index contributed by atoms with van der Waals surface area (Å²) in [5, 5.41) is 6.57. The number of hydrogen-bond acceptors (Lipinski definition) is 4. The Morgan fingerprint density at radius 3 is 2.70 bits per heavy atom. The van der Waals surface area contributed by atoms with Crippen molar-refractivity contribution in [3.05, 3.63) is 42.2 Å². The van der Waals surface area contributed by atoms with Crippen molar-refractivity contribution < 1.29 is 13.9 Å². The van der Waals surface area contributed by atoms with Crippen LogP contribution in [0.1, 0.15) is 23.4 Å². The maximum atomic E-state index is 12.4. The number of ether oxygens (including phenoxy) is 1. The van der Waals surface area contributed by atoms with Crippen LogP contribution in [0.3, 0.4) is 0 Å². The van der Waals surface area contributed by atoms with E-state index in [0.717, 1.165) is 24.3 Å². The number of rotatable bonds is 4. The molecule has 2 fully saturated rings. The highest BCUT2D eigenvalue weighted by Gasteiger charge is 2.40. The molecule has 0 radical (unpaired) electrons. The molecule has 4 rings (SSSR count). The molecule has 1 aromatic heterocycles. The molecule has 3 unspecified atom stereocenters. The number of piperidine rings is 1. The number of hydrogen-bond donors (Lipinski definition) is 2. The van der Waals surface area contributed by atoms with Gasteiger partial charge in [0.2, 0.25) is 0 Å². The first kappa shape index (κ1) is 14.3. The average molecular weight is 312 g/mol. The van der Waals surface area contributed by atoms with Gasteiger partial charge in [0.1, 0.15) is 11.5 Å². The number of benzene rings is 1. The predicted molar refractivity (Wildman–Crippen MR) is 86.5 cm³/mol. The van der Waals surface area contributed by atoms with Crippen LogP contribution >= 0.6 is 0 Å². The summed E-state index contributed by atoms with van der Waals surface area (Å²) in [6.45, 7) is 1.00. The molecule has 1 aromatic carbocycles. The fraction of sp³-hybridized carbons (Fsp3) is 0.389. The van der Waals surface area contributed by atoms with Crippen molar-refractivity contribution in [1.29, 1.82) is 0 Å². The first-order valence-electron chi connectivity index (χ1n) is 8.01. The third-order valence-electron chi connectivity index (χ3n) is 4.88. The molecule has 1 aliphatic carbocycles. The van der Waals surface area contributed by atoms with E-state index < -0.39 is 0 Å². The van der Waals surface area contributed by atoms with Crippen molar-refractivity contribution >= 4 is 5.91 Å². The molecular formula is C18H20N2O3. The third-order valence-corrected chi connectivity index (χ3v) is 4.88. The summed E-state index contributed by atoms with van der Waals surface area (Å²) >= 11 is 0. The van der Waals surface area contributed by atoms with Gasteiger partial charge < -0.3 is 19.8 Å². The molecule has 2 N–H and O–H groups in total. The summed E-state index contributed by atoms with van der Waals surface area (Å²) in [7, 11) is 1.63. The fourth-order valence-corrected chi connectivity index (χ4v) is 3.62. The number of carbonyl (C=O) groups excluding carboxylic acids is 1. The van der Waals surface area contributed by atoms with Crippen molar-refractivity contribution in [2.75, 3.05) is 13.7 Å². The zero-order valence-electron chi connectivity index (χ0n) is 13.0. The van der Waals surface area contributed by atoms with E-state index in [4.69, 9.17) is 9.15 Å². The Labute approximate surface area is 135 Å². The molecule has 2 aliphatic rings. The lowest BCUT2D eigenvalue weighted by atomic mass is 10.0. The van der Waals surface area contributed by atoms with Crippen molar-refractivity contribution in [1.82, 2.24) is 10.6 Å². The van der Waals surface area contributed by atoms with Crippen LogP contribution in [0.25, 0.3) is 11.3 Å². The zero-order chi connectivity index (χ0) is 15.8. The molecule has 5 nitrogen and oxygen atoms in total. The van der Waals surface area contributed by atoms with E-state index in [1.54, 1.807) is 13.2 Å². The van der Waals surface area contributed by atoms with Crippen LogP contribution in [-0.4, -0.2) is 31.6 Å². The maximum Gasteiger partial charge on any atom is 0.287 e. The Balaban J connectivity index is 1.45. The quantitative estimate of drug-likeness (QED) is 0.910. The van der Waals surface area contributed by atoms with E-state index in [1.165, 1.54) is 6.42 Å². The Morgan fingerprint density at radius 2 is 2.04 bits per heavy atom.